The number of nitrogens with one attached hydrogen (secondary N) is 1. The maximum atomic E-state index is 13.0. The number of amides is 1. The number of fused-ring (bicyclic) bond motifs is 2. The summed E-state index contributed by atoms with van der Waals surface area (Å²) in [7, 11) is -1.61. The molecule has 1 aromatic carbocycles. The van der Waals surface area contributed by atoms with Crippen LogP contribution in [-0.4, -0.2) is 46.3 Å². The van der Waals surface area contributed by atoms with E-state index < -0.39 is 10.0 Å². The molecule has 3 heterocycles. The summed E-state index contributed by atoms with van der Waals surface area (Å²) >= 11 is 1.57. The van der Waals surface area contributed by atoms with Crippen LogP contribution in [0.2, 0.25) is 0 Å². The molecule has 1 aliphatic heterocycles. The molecule has 0 atom stereocenters. The minimum absolute atomic E-state index is 0.0853. The average molecular weight is 474 g/mol. The Bertz CT molecular complexity index is 1250. The SMILES string of the molecule is Cn1c(CCC(=O)Nc2nc3c(s2)CCC3)nc2cc(S(=O)(=O)N3CCCCC3)ccc21. The van der Waals surface area contributed by atoms with Crippen LogP contribution in [-0.2, 0) is 41.1 Å². The second kappa shape index (κ2) is 8.57. The highest BCUT2D eigenvalue weighted by atomic mass is 32.2. The molecule has 8 nitrogen and oxygen atoms in total. The van der Waals surface area contributed by atoms with Crippen LogP contribution < -0.4 is 5.32 Å². The predicted molar refractivity (Wildman–Crippen MR) is 124 cm³/mol. The number of benzene rings is 1. The Hall–Kier alpha value is -2.30. The van der Waals surface area contributed by atoms with Crippen molar-refractivity contribution in [2.24, 2.45) is 7.05 Å². The first-order valence-corrected chi connectivity index (χ1v) is 13.4. The number of imidazole rings is 1. The first kappa shape index (κ1) is 21.5. The van der Waals surface area contributed by atoms with Crippen LogP contribution in [0.3, 0.4) is 0 Å². The third-order valence-electron chi connectivity index (χ3n) is 6.32. The van der Waals surface area contributed by atoms with E-state index in [0.717, 1.165) is 55.6 Å². The standard InChI is InChI=1S/C22H27N5O3S2/c1-26-18-9-8-15(32(29,30)27-12-3-2-4-13-27)14-17(18)23-20(26)10-11-21(28)25-22-24-16-6-5-7-19(16)31-22/h8-9,14H,2-7,10-13H2,1H3,(H,24,25,28). The molecule has 1 amide bonds. The Labute approximate surface area is 191 Å². The van der Waals surface area contributed by atoms with Gasteiger partial charge in [-0.2, -0.15) is 4.31 Å². The van der Waals surface area contributed by atoms with E-state index in [1.165, 1.54) is 4.88 Å². The van der Waals surface area contributed by atoms with Crippen molar-refractivity contribution in [3.8, 4) is 0 Å². The van der Waals surface area contributed by atoms with Crippen LogP contribution in [0.5, 0.6) is 0 Å². The summed E-state index contributed by atoms with van der Waals surface area (Å²) in [6, 6.07) is 5.12. The quantitative estimate of drug-likeness (QED) is 0.593. The molecule has 0 saturated carbocycles. The van der Waals surface area contributed by atoms with Gasteiger partial charge in [0.1, 0.15) is 5.82 Å². The van der Waals surface area contributed by atoms with E-state index in [4.69, 9.17) is 0 Å². The number of rotatable bonds is 6. The predicted octanol–water partition coefficient (Wildman–Crippen LogP) is 3.26. The number of sulfonamides is 1. The van der Waals surface area contributed by atoms with E-state index >= 15 is 0 Å². The molecule has 10 heteroatoms. The van der Waals surface area contributed by atoms with Gasteiger partial charge >= 0.3 is 0 Å². The zero-order valence-corrected chi connectivity index (χ0v) is 19.8. The summed E-state index contributed by atoms with van der Waals surface area (Å²) in [4.78, 5) is 23.2. The summed E-state index contributed by atoms with van der Waals surface area (Å²) in [5.74, 6) is 0.669. The molecule has 1 saturated heterocycles. The van der Waals surface area contributed by atoms with Crippen molar-refractivity contribution in [3.05, 3.63) is 34.6 Å². The number of thiazole rings is 1. The van der Waals surface area contributed by atoms with Crippen molar-refractivity contribution in [2.75, 3.05) is 18.4 Å². The third-order valence-corrected chi connectivity index (χ3v) is 9.28. The highest BCUT2D eigenvalue weighted by molar-refractivity contribution is 7.89. The summed E-state index contributed by atoms with van der Waals surface area (Å²) in [5.41, 5.74) is 2.61. The molecular formula is C22H27N5O3S2. The van der Waals surface area contributed by atoms with Gasteiger partial charge in [0.25, 0.3) is 0 Å². The number of hydrogen-bond acceptors (Lipinski definition) is 6. The smallest absolute Gasteiger partial charge is 0.243 e. The summed E-state index contributed by atoms with van der Waals surface area (Å²) in [6.45, 7) is 1.15. The fraction of sp³-hybridized carbons (Fsp3) is 0.500. The minimum Gasteiger partial charge on any atom is -0.331 e. The van der Waals surface area contributed by atoms with E-state index in [9.17, 15) is 13.2 Å². The Morgan fingerprint density at radius 2 is 1.94 bits per heavy atom. The molecule has 32 heavy (non-hydrogen) atoms. The average Bonchev–Trinajstić information content (AvgIpc) is 3.46. The van der Waals surface area contributed by atoms with Gasteiger partial charge in [0.2, 0.25) is 15.9 Å². The van der Waals surface area contributed by atoms with Gasteiger partial charge < -0.3 is 9.88 Å². The molecule has 0 unspecified atom stereocenters. The number of nitrogens with zero attached hydrogens (tertiary/aromatic N) is 4. The molecule has 0 radical (unpaired) electrons. The Morgan fingerprint density at radius 3 is 2.72 bits per heavy atom. The van der Waals surface area contributed by atoms with Gasteiger partial charge in [0, 0.05) is 37.9 Å². The van der Waals surface area contributed by atoms with Crippen LogP contribution in [0.15, 0.2) is 23.1 Å². The number of piperidine rings is 1. The zero-order chi connectivity index (χ0) is 22.3. The van der Waals surface area contributed by atoms with Crippen LogP contribution in [0, 0.1) is 0 Å². The maximum Gasteiger partial charge on any atom is 0.243 e. The van der Waals surface area contributed by atoms with Crippen molar-refractivity contribution in [3.63, 3.8) is 0 Å². The maximum absolute atomic E-state index is 13.0. The lowest BCUT2D eigenvalue weighted by Crippen LogP contribution is -2.35. The van der Waals surface area contributed by atoms with Gasteiger partial charge in [-0.1, -0.05) is 6.42 Å². The molecule has 0 spiro atoms. The van der Waals surface area contributed by atoms with Gasteiger partial charge in [0.05, 0.1) is 21.6 Å². The van der Waals surface area contributed by atoms with Gasteiger partial charge in [0.15, 0.2) is 5.13 Å². The van der Waals surface area contributed by atoms with E-state index in [1.54, 1.807) is 33.8 Å². The second-order valence-electron chi connectivity index (χ2n) is 8.49. The van der Waals surface area contributed by atoms with Crippen LogP contribution in [0.1, 0.15) is 48.5 Å². The minimum atomic E-state index is -3.50. The molecule has 1 aliphatic carbocycles. The van der Waals surface area contributed by atoms with E-state index in [2.05, 4.69) is 15.3 Å². The van der Waals surface area contributed by atoms with Crippen molar-refractivity contribution < 1.29 is 13.2 Å². The fourth-order valence-corrected chi connectivity index (χ4v) is 7.12. The first-order chi connectivity index (χ1) is 15.4. The topological polar surface area (TPSA) is 97.2 Å². The van der Waals surface area contributed by atoms with E-state index in [0.29, 0.717) is 36.6 Å². The zero-order valence-electron chi connectivity index (χ0n) is 18.1. The Balaban J connectivity index is 1.29. The molecule has 2 aliphatic rings. The normalized spacial score (nSPS) is 17.0. The largest absolute Gasteiger partial charge is 0.331 e. The molecule has 0 bridgehead atoms. The number of anilines is 1. The second-order valence-corrected chi connectivity index (χ2v) is 11.5. The highest BCUT2D eigenvalue weighted by Gasteiger charge is 2.26. The number of carbonyl (C=O) groups is 1. The highest BCUT2D eigenvalue weighted by Crippen LogP contribution is 2.30. The number of hydrogen-bond donors (Lipinski definition) is 1. The molecular weight excluding hydrogens is 446 g/mol. The van der Waals surface area contributed by atoms with Gasteiger partial charge in [-0.25, -0.2) is 18.4 Å². The van der Waals surface area contributed by atoms with Crippen LogP contribution in [0.4, 0.5) is 5.13 Å². The monoisotopic (exact) mass is 473 g/mol. The number of aryl methyl sites for hydroxylation is 4. The van der Waals surface area contributed by atoms with Crippen LogP contribution in [0.25, 0.3) is 11.0 Å². The molecule has 1 N–H and O–H groups in total. The molecule has 2 aromatic heterocycles. The van der Waals surface area contributed by atoms with E-state index in [-0.39, 0.29) is 10.8 Å². The summed E-state index contributed by atoms with van der Waals surface area (Å²) < 4.78 is 29.5. The Kier molecular flexibility index (Phi) is 5.77. The van der Waals surface area contributed by atoms with Crippen molar-refractivity contribution in [1.82, 2.24) is 18.8 Å². The molecule has 3 aromatic rings. The van der Waals surface area contributed by atoms with E-state index in [1.807, 2.05) is 11.6 Å². The van der Waals surface area contributed by atoms with Gasteiger partial charge in [-0.05, 0) is 50.3 Å². The van der Waals surface area contributed by atoms with Gasteiger partial charge in [-0.15, -0.1) is 11.3 Å². The molecule has 170 valence electrons. The Morgan fingerprint density at radius 1 is 1.12 bits per heavy atom. The number of carbonyl (C=O) groups excluding carboxylic acids is 1. The first-order valence-electron chi connectivity index (χ1n) is 11.2. The van der Waals surface area contributed by atoms with Gasteiger partial charge in [-0.3, -0.25) is 4.79 Å². The molecule has 1 fully saturated rings. The summed E-state index contributed by atoms with van der Waals surface area (Å²) in [5, 5.41) is 3.58. The van der Waals surface area contributed by atoms with Crippen LogP contribution >= 0.6 is 11.3 Å². The lowest BCUT2D eigenvalue weighted by atomic mass is 10.2. The molecule has 5 rings (SSSR count). The lowest BCUT2D eigenvalue weighted by molar-refractivity contribution is -0.116. The lowest BCUT2D eigenvalue weighted by Gasteiger charge is -2.25. The van der Waals surface area contributed by atoms with Crippen molar-refractivity contribution >= 4 is 43.4 Å². The summed E-state index contributed by atoms with van der Waals surface area (Å²) in [6.07, 6.45) is 6.84. The fourth-order valence-electron chi connectivity index (χ4n) is 4.52. The van der Waals surface area contributed by atoms with Crippen molar-refractivity contribution in [1.29, 1.82) is 0 Å². The van der Waals surface area contributed by atoms with Crippen molar-refractivity contribution in [2.45, 2.75) is 56.3 Å². The third kappa shape index (κ3) is 4.06. The number of aromatic nitrogens is 3.